The van der Waals surface area contributed by atoms with Crippen LogP contribution in [0.1, 0.15) is 32.6 Å². The van der Waals surface area contributed by atoms with Crippen LogP contribution in [0.2, 0.25) is 0 Å². The Labute approximate surface area is 102 Å². The average molecular weight is 239 g/mol. The molecule has 0 aromatic carbocycles. The van der Waals surface area contributed by atoms with E-state index < -0.39 is 0 Å². The number of likely N-dealkylation sites (N-methyl/N-ethyl adjacent to an activating group) is 1. The van der Waals surface area contributed by atoms with Gasteiger partial charge in [-0.2, -0.15) is 0 Å². The Balaban J connectivity index is 1.98. The molecule has 0 aromatic heterocycles. The Bertz CT molecular complexity index is 300. The summed E-state index contributed by atoms with van der Waals surface area (Å²) in [5.74, 6) is 0.104. The number of hydrogen-bond donors (Lipinski definition) is 2. The molecule has 2 aliphatic heterocycles. The van der Waals surface area contributed by atoms with E-state index in [0.29, 0.717) is 6.54 Å². The van der Waals surface area contributed by atoms with Gasteiger partial charge in [-0.05, 0) is 39.2 Å². The maximum atomic E-state index is 12.3. The Hall–Kier alpha value is -1.10. The Morgan fingerprint density at radius 2 is 2.18 bits per heavy atom. The van der Waals surface area contributed by atoms with Crippen LogP contribution in [-0.2, 0) is 9.59 Å². The summed E-state index contributed by atoms with van der Waals surface area (Å²) in [6.07, 6.45) is 3.68. The first-order valence-corrected chi connectivity index (χ1v) is 6.55. The summed E-state index contributed by atoms with van der Waals surface area (Å²) in [6.45, 7) is 4.16. The molecule has 2 heterocycles. The van der Waals surface area contributed by atoms with Crippen LogP contribution < -0.4 is 10.6 Å². The van der Waals surface area contributed by atoms with E-state index in [1.165, 1.54) is 0 Å². The number of rotatable bonds is 3. The molecular formula is C12H21N3O2. The summed E-state index contributed by atoms with van der Waals surface area (Å²) in [7, 11) is 0. The van der Waals surface area contributed by atoms with Gasteiger partial charge in [0.2, 0.25) is 11.8 Å². The fourth-order valence-electron chi connectivity index (χ4n) is 2.69. The normalized spacial score (nSPS) is 28.4. The largest absolute Gasteiger partial charge is 0.355 e. The molecule has 2 aliphatic rings. The van der Waals surface area contributed by atoms with Crippen molar-refractivity contribution in [3.63, 3.8) is 0 Å². The summed E-state index contributed by atoms with van der Waals surface area (Å²) in [5, 5.41) is 6.01. The minimum absolute atomic E-state index is 0.00338. The Morgan fingerprint density at radius 1 is 1.35 bits per heavy atom. The third-order valence-electron chi connectivity index (χ3n) is 3.55. The van der Waals surface area contributed by atoms with Gasteiger partial charge in [0.05, 0.1) is 6.04 Å². The lowest BCUT2D eigenvalue weighted by molar-refractivity contribution is -0.139. The zero-order valence-corrected chi connectivity index (χ0v) is 10.4. The van der Waals surface area contributed by atoms with Crippen LogP contribution in [0.25, 0.3) is 0 Å². The number of nitrogens with zero attached hydrogens (tertiary/aromatic N) is 1. The molecule has 2 fully saturated rings. The van der Waals surface area contributed by atoms with E-state index >= 15 is 0 Å². The molecule has 17 heavy (non-hydrogen) atoms. The van der Waals surface area contributed by atoms with Crippen molar-refractivity contribution in [3.05, 3.63) is 0 Å². The van der Waals surface area contributed by atoms with Gasteiger partial charge >= 0.3 is 0 Å². The first-order chi connectivity index (χ1) is 8.24. The molecule has 0 aliphatic carbocycles. The van der Waals surface area contributed by atoms with Crippen molar-refractivity contribution in [2.24, 2.45) is 0 Å². The lowest BCUT2D eigenvalue weighted by Gasteiger charge is -2.26. The van der Waals surface area contributed by atoms with E-state index in [9.17, 15) is 9.59 Å². The smallest absolute Gasteiger partial charge is 0.242 e. The highest BCUT2D eigenvalue weighted by Gasteiger charge is 2.37. The number of amides is 2. The van der Waals surface area contributed by atoms with Gasteiger partial charge in [0.15, 0.2) is 0 Å². The van der Waals surface area contributed by atoms with E-state index in [1.54, 1.807) is 4.90 Å². The van der Waals surface area contributed by atoms with Crippen molar-refractivity contribution in [2.75, 3.05) is 19.6 Å². The molecule has 2 N–H and O–H groups in total. The van der Waals surface area contributed by atoms with Crippen molar-refractivity contribution in [1.82, 2.24) is 15.5 Å². The van der Waals surface area contributed by atoms with Crippen molar-refractivity contribution >= 4 is 11.8 Å². The minimum Gasteiger partial charge on any atom is -0.355 e. The third-order valence-corrected chi connectivity index (χ3v) is 3.55. The summed E-state index contributed by atoms with van der Waals surface area (Å²) < 4.78 is 0. The van der Waals surface area contributed by atoms with Crippen molar-refractivity contribution in [2.45, 2.75) is 44.7 Å². The molecule has 5 heteroatoms. The molecule has 0 spiro atoms. The Morgan fingerprint density at radius 3 is 2.82 bits per heavy atom. The van der Waals surface area contributed by atoms with Crippen LogP contribution in [0, 0.1) is 0 Å². The van der Waals surface area contributed by atoms with Crippen LogP contribution in [-0.4, -0.2) is 48.4 Å². The molecule has 0 saturated carbocycles. The monoisotopic (exact) mass is 239 g/mol. The molecule has 0 radical (unpaired) electrons. The lowest BCUT2D eigenvalue weighted by Crippen LogP contribution is -2.51. The fourth-order valence-corrected chi connectivity index (χ4v) is 2.69. The van der Waals surface area contributed by atoms with Gasteiger partial charge in [-0.3, -0.25) is 9.59 Å². The second kappa shape index (κ2) is 5.49. The van der Waals surface area contributed by atoms with Gasteiger partial charge in [-0.25, -0.2) is 0 Å². The lowest BCUT2D eigenvalue weighted by atomic mass is 10.1. The SMILES string of the molecule is CCNC(=O)C1CCCN1C(=O)C1CCCN1. The molecule has 5 nitrogen and oxygen atoms in total. The molecule has 2 unspecified atom stereocenters. The van der Waals surface area contributed by atoms with Gasteiger partial charge in [0.25, 0.3) is 0 Å². The van der Waals surface area contributed by atoms with Crippen LogP contribution in [0.4, 0.5) is 0 Å². The highest BCUT2D eigenvalue weighted by atomic mass is 16.2. The van der Waals surface area contributed by atoms with Gasteiger partial charge in [-0.1, -0.05) is 0 Å². The number of carbonyl (C=O) groups excluding carboxylic acids is 2. The van der Waals surface area contributed by atoms with Crippen molar-refractivity contribution in [3.8, 4) is 0 Å². The summed E-state index contributed by atoms with van der Waals surface area (Å²) in [5.41, 5.74) is 0. The second-order valence-corrected chi connectivity index (χ2v) is 4.73. The summed E-state index contributed by atoms with van der Waals surface area (Å²) in [6, 6.07) is -0.310. The maximum Gasteiger partial charge on any atom is 0.242 e. The number of carbonyl (C=O) groups is 2. The zero-order valence-electron chi connectivity index (χ0n) is 10.4. The van der Waals surface area contributed by atoms with Crippen LogP contribution in [0.5, 0.6) is 0 Å². The van der Waals surface area contributed by atoms with E-state index in [4.69, 9.17) is 0 Å². The minimum atomic E-state index is -0.246. The van der Waals surface area contributed by atoms with Crippen molar-refractivity contribution in [1.29, 1.82) is 0 Å². The van der Waals surface area contributed by atoms with E-state index in [2.05, 4.69) is 10.6 Å². The molecule has 0 aromatic rings. The second-order valence-electron chi connectivity index (χ2n) is 4.73. The zero-order chi connectivity index (χ0) is 12.3. The molecule has 2 saturated heterocycles. The first kappa shape index (κ1) is 12.4. The summed E-state index contributed by atoms with van der Waals surface area (Å²) >= 11 is 0. The average Bonchev–Trinajstić information content (AvgIpc) is 3.00. The number of likely N-dealkylation sites (tertiary alicyclic amines) is 1. The fraction of sp³-hybridized carbons (Fsp3) is 0.833. The standard InChI is InChI=1S/C12H21N3O2/c1-2-13-11(16)10-6-4-8-15(10)12(17)9-5-3-7-14-9/h9-10,14H,2-8H2,1H3,(H,13,16). The van der Waals surface area contributed by atoms with E-state index in [1.807, 2.05) is 6.92 Å². The van der Waals surface area contributed by atoms with Crippen LogP contribution >= 0.6 is 0 Å². The summed E-state index contributed by atoms with van der Waals surface area (Å²) in [4.78, 5) is 25.9. The van der Waals surface area contributed by atoms with Gasteiger partial charge in [-0.15, -0.1) is 0 Å². The Kier molecular flexibility index (Phi) is 3.99. The predicted molar refractivity (Wildman–Crippen MR) is 64.4 cm³/mol. The van der Waals surface area contributed by atoms with Gasteiger partial charge in [0, 0.05) is 13.1 Å². The topological polar surface area (TPSA) is 61.4 Å². The highest BCUT2D eigenvalue weighted by molar-refractivity contribution is 5.90. The molecule has 0 bridgehead atoms. The predicted octanol–water partition coefficient (Wildman–Crippen LogP) is -0.134. The van der Waals surface area contributed by atoms with E-state index in [0.717, 1.165) is 38.8 Å². The molecule has 2 amide bonds. The molecule has 96 valence electrons. The highest BCUT2D eigenvalue weighted by Crippen LogP contribution is 2.20. The van der Waals surface area contributed by atoms with E-state index in [-0.39, 0.29) is 23.9 Å². The van der Waals surface area contributed by atoms with Gasteiger partial charge < -0.3 is 15.5 Å². The van der Waals surface area contributed by atoms with Crippen molar-refractivity contribution < 1.29 is 9.59 Å². The first-order valence-electron chi connectivity index (χ1n) is 6.55. The quantitative estimate of drug-likeness (QED) is 0.721. The molecule has 2 rings (SSSR count). The third kappa shape index (κ3) is 2.60. The van der Waals surface area contributed by atoms with Crippen LogP contribution in [0.15, 0.2) is 0 Å². The molecule has 2 atom stereocenters. The molecular weight excluding hydrogens is 218 g/mol. The number of hydrogen-bond acceptors (Lipinski definition) is 3. The van der Waals surface area contributed by atoms with Crippen LogP contribution in [0.3, 0.4) is 0 Å². The van der Waals surface area contributed by atoms with Gasteiger partial charge in [0.1, 0.15) is 6.04 Å². The number of nitrogens with one attached hydrogen (secondary N) is 2. The maximum absolute atomic E-state index is 12.3.